The summed E-state index contributed by atoms with van der Waals surface area (Å²) in [6.45, 7) is 2.05. The number of nitrogens with one attached hydrogen (secondary N) is 2. The standard InChI is InChI=1S/C21H21IN2O8/c1-2-29-17(7-8-19(26)24-28)20(14-9-12(22)3-5-15(14)25)32-21(27)23-13-4-6-16-18(10-13)31-11-30-16/h3-10,17,20,25,28H,2,11H2,1H3,(H,23,27)(H,24,26)/b8-7+/t17-,20-/m0/s1. The second-order valence-electron chi connectivity index (χ2n) is 6.48. The third kappa shape index (κ3) is 6.02. The molecular weight excluding hydrogens is 535 g/mol. The molecule has 3 rings (SSSR count). The van der Waals surface area contributed by atoms with Crippen LogP contribution < -0.4 is 20.3 Å². The number of amides is 2. The molecule has 1 aliphatic rings. The molecule has 2 aromatic rings. The zero-order valence-corrected chi connectivity index (χ0v) is 19.1. The van der Waals surface area contributed by atoms with Crippen molar-refractivity contribution in [1.29, 1.82) is 0 Å². The van der Waals surface area contributed by atoms with Gasteiger partial charge in [0.05, 0.1) is 0 Å². The number of hydrogen-bond donors (Lipinski definition) is 4. The lowest BCUT2D eigenvalue weighted by Gasteiger charge is -2.26. The molecule has 2 aromatic carbocycles. The Morgan fingerprint density at radius 1 is 1.22 bits per heavy atom. The number of anilines is 1. The first-order valence-electron chi connectivity index (χ1n) is 9.50. The number of benzene rings is 2. The first-order valence-corrected chi connectivity index (χ1v) is 10.6. The molecule has 0 fully saturated rings. The van der Waals surface area contributed by atoms with Crippen molar-refractivity contribution < 1.29 is 38.9 Å². The number of hydroxylamine groups is 1. The van der Waals surface area contributed by atoms with Crippen LogP contribution in [-0.2, 0) is 14.3 Å². The van der Waals surface area contributed by atoms with E-state index in [4.69, 9.17) is 24.2 Å². The molecule has 10 nitrogen and oxygen atoms in total. The van der Waals surface area contributed by atoms with E-state index in [-0.39, 0.29) is 24.7 Å². The van der Waals surface area contributed by atoms with Crippen molar-refractivity contribution in [2.24, 2.45) is 0 Å². The van der Waals surface area contributed by atoms with Gasteiger partial charge in [-0.15, -0.1) is 0 Å². The number of halogens is 1. The highest BCUT2D eigenvalue weighted by molar-refractivity contribution is 14.1. The molecule has 1 aliphatic heterocycles. The van der Waals surface area contributed by atoms with Crippen molar-refractivity contribution in [3.8, 4) is 17.2 Å². The minimum atomic E-state index is -1.11. The van der Waals surface area contributed by atoms with Gasteiger partial charge in [0.25, 0.3) is 5.91 Å². The summed E-state index contributed by atoms with van der Waals surface area (Å²) < 4.78 is 22.6. The second kappa shape index (κ2) is 11.0. The Balaban J connectivity index is 1.87. The summed E-state index contributed by atoms with van der Waals surface area (Å²) in [7, 11) is 0. The third-order valence-electron chi connectivity index (χ3n) is 4.35. The van der Waals surface area contributed by atoms with Gasteiger partial charge in [-0.3, -0.25) is 15.3 Å². The lowest BCUT2D eigenvalue weighted by atomic mass is 10.0. The molecule has 32 heavy (non-hydrogen) atoms. The van der Waals surface area contributed by atoms with Crippen LogP contribution in [0.5, 0.6) is 17.2 Å². The number of aromatic hydroxyl groups is 1. The van der Waals surface area contributed by atoms with Gasteiger partial charge in [-0.1, -0.05) is 0 Å². The van der Waals surface area contributed by atoms with E-state index in [2.05, 4.69) is 27.9 Å². The normalized spacial score (nSPS) is 14.1. The van der Waals surface area contributed by atoms with Crippen LogP contribution in [-0.4, -0.2) is 41.8 Å². The van der Waals surface area contributed by atoms with E-state index in [9.17, 15) is 14.7 Å². The Bertz CT molecular complexity index is 1010. The van der Waals surface area contributed by atoms with Crippen molar-refractivity contribution in [1.82, 2.24) is 5.48 Å². The van der Waals surface area contributed by atoms with Crippen molar-refractivity contribution in [2.75, 3.05) is 18.7 Å². The Morgan fingerprint density at radius 2 is 2.00 bits per heavy atom. The van der Waals surface area contributed by atoms with Gasteiger partial charge in [-0.25, -0.2) is 10.3 Å². The Hall–Kier alpha value is -3.03. The molecule has 0 radical (unpaired) electrons. The third-order valence-corrected chi connectivity index (χ3v) is 5.03. The summed E-state index contributed by atoms with van der Waals surface area (Å²) in [5.41, 5.74) is 2.17. The van der Waals surface area contributed by atoms with E-state index < -0.39 is 24.2 Å². The highest BCUT2D eigenvalue weighted by atomic mass is 127. The van der Waals surface area contributed by atoms with Crippen LogP contribution in [0, 0.1) is 3.57 Å². The van der Waals surface area contributed by atoms with Crippen LogP contribution in [0.15, 0.2) is 48.6 Å². The summed E-state index contributed by atoms with van der Waals surface area (Å²) >= 11 is 2.06. The number of fused-ring (bicyclic) bond motifs is 1. The Morgan fingerprint density at radius 3 is 2.75 bits per heavy atom. The Kier molecular flexibility index (Phi) is 8.14. The van der Waals surface area contributed by atoms with Gasteiger partial charge < -0.3 is 24.1 Å². The van der Waals surface area contributed by atoms with Crippen LogP contribution >= 0.6 is 22.6 Å². The van der Waals surface area contributed by atoms with Crippen LogP contribution in [0.2, 0.25) is 0 Å². The molecule has 0 aliphatic carbocycles. The molecule has 0 saturated carbocycles. The first kappa shape index (κ1) is 23.6. The first-order chi connectivity index (χ1) is 15.4. The number of carbonyl (C=O) groups excluding carboxylic acids is 2. The lowest BCUT2D eigenvalue weighted by molar-refractivity contribution is -0.124. The minimum Gasteiger partial charge on any atom is -0.508 e. The van der Waals surface area contributed by atoms with Gasteiger partial charge in [0, 0.05) is 33.6 Å². The molecule has 170 valence electrons. The second-order valence-corrected chi connectivity index (χ2v) is 7.72. The van der Waals surface area contributed by atoms with E-state index in [1.807, 2.05) is 0 Å². The fourth-order valence-corrected chi connectivity index (χ4v) is 3.47. The molecule has 0 saturated heterocycles. The van der Waals surface area contributed by atoms with Gasteiger partial charge >= 0.3 is 6.09 Å². The van der Waals surface area contributed by atoms with Crippen molar-refractivity contribution in [2.45, 2.75) is 19.1 Å². The summed E-state index contributed by atoms with van der Waals surface area (Å²) in [6.07, 6.45) is -0.508. The molecule has 4 N–H and O–H groups in total. The molecule has 2 atom stereocenters. The minimum absolute atomic E-state index is 0.0982. The average molecular weight is 556 g/mol. The summed E-state index contributed by atoms with van der Waals surface area (Å²) in [6, 6.07) is 9.66. The van der Waals surface area contributed by atoms with Gasteiger partial charge in [0.15, 0.2) is 17.6 Å². The zero-order chi connectivity index (χ0) is 23.1. The van der Waals surface area contributed by atoms with Gasteiger partial charge in [-0.2, -0.15) is 0 Å². The fraction of sp³-hybridized carbons (Fsp3) is 0.238. The molecule has 0 bridgehead atoms. The maximum absolute atomic E-state index is 12.7. The van der Waals surface area contributed by atoms with Crippen molar-refractivity contribution in [3.63, 3.8) is 0 Å². The highest BCUT2D eigenvalue weighted by Crippen LogP contribution is 2.35. The van der Waals surface area contributed by atoms with Crippen LogP contribution in [0.1, 0.15) is 18.6 Å². The number of hydrogen-bond acceptors (Lipinski definition) is 8. The van der Waals surface area contributed by atoms with Gasteiger partial charge in [0.2, 0.25) is 6.79 Å². The van der Waals surface area contributed by atoms with Crippen molar-refractivity contribution in [3.05, 3.63) is 57.7 Å². The monoisotopic (exact) mass is 556 g/mol. The maximum atomic E-state index is 12.7. The predicted molar refractivity (Wildman–Crippen MR) is 121 cm³/mol. The van der Waals surface area contributed by atoms with E-state index in [0.717, 1.165) is 9.65 Å². The molecule has 0 spiro atoms. The van der Waals surface area contributed by atoms with E-state index in [0.29, 0.717) is 17.2 Å². The van der Waals surface area contributed by atoms with E-state index in [1.54, 1.807) is 37.3 Å². The Labute approximate surface area is 197 Å². The fourth-order valence-electron chi connectivity index (χ4n) is 2.95. The largest absolute Gasteiger partial charge is 0.508 e. The summed E-state index contributed by atoms with van der Waals surface area (Å²) in [5, 5.41) is 21.8. The number of phenols is 1. The van der Waals surface area contributed by atoms with Gasteiger partial charge in [-0.05, 0) is 65.9 Å². The van der Waals surface area contributed by atoms with Crippen LogP contribution in [0.25, 0.3) is 0 Å². The number of ether oxygens (including phenoxy) is 4. The molecule has 1 heterocycles. The van der Waals surface area contributed by atoms with Crippen LogP contribution in [0.4, 0.5) is 10.5 Å². The molecule has 0 unspecified atom stereocenters. The lowest BCUT2D eigenvalue weighted by Crippen LogP contribution is -2.28. The predicted octanol–water partition coefficient (Wildman–Crippen LogP) is 3.48. The smallest absolute Gasteiger partial charge is 0.412 e. The molecule has 2 amide bonds. The number of phenolic OH excluding ortho intramolecular Hbond substituents is 1. The molecule has 0 aromatic heterocycles. The number of carbonyl (C=O) groups is 2. The van der Waals surface area contributed by atoms with Crippen molar-refractivity contribution >= 4 is 40.3 Å². The maximum Gasteiger partial charge on any atom is 0.412 e. The van der Waals surface area contributed by atoms with Crippen LogP contribution in [0.3, 0.4) is 0 Å². The number of rotatable bonds is 8. The SMILES string of the molecule is CCO[C@@H](/C=C/C(=O)NO)[C@@H](OC(=O)Nc1ccc2c(c1)OCO2)c1cc(I)ccc1O. The quantitative estimate of drug-likeness (QED) is 0.168. The van der Waals surface area contributed by atoms with E-state index >= 15 is 0 Å². The average Bonchev–Trinajstić information content (AvgIpc) is 3.24. The summed E-state index contributed by atoms with van der Waals surface area (Å²) in [5.74, 6) is 0.148. The topological polar surface area (TPSA) is 136 Å². The molecule has 11 heteroatoms. The summed E-state index contributed by atoms with van der Waals surface area (Å²) in [4.78, 5) is 24.2. The van der Waals surface area contributed by atoms with E-state index in [1.165, 1.54) is 17.6 Å². The van der Waals surface area contributed by atoms with Gasteiger partial charge in [0.1, 0.15) is 11.9 Å². The highest BCUT2D eigenvalue weighted by Gasteiger charge is 2.29. The molecular formula is C21H21IN2O8. The zero-order valence-electron chi connectivity index (χ0n) is 16.9.